The first-order valence-corrected chi connectivity index (χ1v) is 2.84. The highest BCUT2D eigenvalue weighted by Gasteiger charge is 2.59. The fraction of sp³-hybridized carbons (Fsp3) is 0.500. The molecule has 0 bridgehead atoms. The quantitative estimate of drug-likeness (QED) is 0.403. The fourth-order valence-electron chi connectivity index (χ4n) is 1.23. The summed E-state index contributed by atoms with van der Waals surface area (Å²) in [6, 6.07) is 0. The Morgan fingerprint density at radius 1 is 1.00 bits per heavy atom. The van der Waals surface area contributed by atoms with E-state index in [1.807, 2.05) is 0 Å². The van der Waals surface area contributed by atoms with Gasteiger partial charge in [0.2, 0.25) is 11.6 Å². The summed E-state index contributed by atoms with van der Waals surface area (Å²) in [6.07, 6.45) is 0.628. The van der Waals surface area contributed by atoms with Crippen LogP contribution >= 0.6 is 0 Å². The fourth-order valence-corrected chi connectivity index (χ4v) is 1.23. The second kappa shape index (κ2) is 1.12. The maximum Gasteiger partial charge on any atom is 0.264 e. The minimum Gasteiger partial charge on any atom is -0.290 e. The van der Waals surface area contributed by atoms with Gasteiger partial charge in [0.05, 0.1) is 0 Å². The van der Waals surface area contributed by atoms with E-state index < -0.39 is 17.3 Å². The van der Waals surface area contributed by atoms with Gasteiger partial charge >= 0.3 is 0 Å². The molecule has 2 aliphatic rings. The number of ketones is 3. The van der Waals surface area contributed by atoms with Crippen molar-refractivity contribution in [3.05, 3.63) is 0 Å². The number of hydrogen-bond acceptors (Lipinski definition) is 3. The minimum atomic E-state index is -0.767. The lowest BCUT2D eigenvalue weighted by atomic mass is 10.2. The zero-order chi connectivity index (χ0) is 6.59. The SMILES string of the molecule is O=C1C(=O)C2CC2C1=O. The Labute approximate surface area is 51.0 Å². The van der Waals surface area contributed by atoms with Gasteiger partial charge in [-0.05, 0) is 6.42 Å². The van der Waals surface area contributed by atoms with Crippen LogP contribution in [-0.2, 0) is 14.4 Å². The van der Waals surface area contributed by atoms with Gasteiger partial charge in [-0.2, -0.15) is 0 Å². The van der Waals surface area contributed by atoms with E-state index in [9.17, 15) is 14.4 Å². The molecule has 2 aliphatic carbocycles. The first-order chi connectivity index (χ1) is 4.22. The van der Waals surface area contributed by atoms with Gasteiger partial charge in [0.1, 0.15) is 0 Å². The number of Topliss-reactive ketones (excluding diaryl/α,β-unsaturated/α-hetero) is 3. The lowest BCUT2D eigenvalue weighted by Crippen LogP contribution is -2.17. The third-order valence-electron chi connectivity index (χ3n) is 1.91. The van der Waals surface area contributed by atoms with Crippen molar-refractivity contribution in [2.24, 2.45) is 11.8 Å². The van der Waals surface area contributed by atoms with Crippen LogP contribution in [0.1, 0.15) is 6.42 Å². The predicted octanol–water partition coefficient (Wildman–Crippen LogP) is -0.657. The van der Waals surface area contributed by atoms with Crippen molar-refractivity contribution < 1.29 is 14.4 Å². The molecule has 0 saturated heterocycles. The predicted molar refractivity (Wildman–Crippen MR) is 26.6 cm³/mol. The number of carbonyl (C=O) groups excluding carboxylic acids is 3. The van der Waals surface area contributed by atoms with Crippen molar-refractivity contribution in [1.29, 1.82) is 0 Å². The minimum absolute atomic E-state index is 0.204. The molecule has 2 saturated carbocycles. The largest absolute Gasteiger partial charge is 0.290 e. The number of fused-ring (bicyclic) bond motifs is 1. The van der Waals surface area contributed by atoms with E-state index >= 15 is 0 Å². The highest BCUT2D eigenvalue weighted by Crippen LogP contribution is 2.45. The summed E-state index contributed by atoms with van der Waals surface area (Å²) < 4.78 is 0. The highest BCUT2D eigenvalue weighted by molar-refractivity contribution is 6.69. The van der Waals surface area contributed by atoms with Crippen molar-refractivity contribution in [1.82, 2.24) is 0 Å². The molecule has 2 atom stereocenters. The average molecular weight is 124 g/mol. The molecule has 0 N–H and O–H groups in total. The van der Waals surface area contributed by atoms with Gasteiger partial charge in [0.15, 0.2) is 0 Å². The van der Waals surface area contributed by atoms with E-state index in [0.717, 1.165) is 0 Å². The Hall–Kier alpha value is -0.990. The van der Waals surface area contributed by atoms with Crippen LogP contribution in [0.3, 0.4) is 0 Å². The molecule has 2 fully saturated rings. The summed E-state index contributed by atoms with van der Waals surface area (Å²) in [5.41, 5.74) is 0. The van der Waals surface area contributed by atoms with Crippen molar-refractivity contribution in [3.8, 4) is 0 Å². The molecule has 46 valence electrons. The second-order valence-electron chi connectivity index (χ2n) is 2.51. The first kappa shape index (κ1) is 4.85. The Morgan fingerprint density at radius 2 is 1.44 bits per heavy atom. The summed E-state index contributed by atoms with van der Waals surface area (Å²) in [5.74, 6) is -2.08. The van der Waals surface area contributed by atoms with Gasteiger partial charge in [-0.3, -0.25) is 14.4 Å². The highest BCUT2D eigenvalue weighted by atomic mass is 16.2. The van der Waals surface area contributed by atoms with Crippen molar-refractivity contribution in [2.45, 2.75) is 6.42 Å². The maximum absolute atomic E-state index is 10.6. The molecular formula is C6H4O3. The lowest BCUT2D eigenvalue weighted by Gasteiger charge is -1.82. The Bertz CT molecular complexity index is 206. The van der Waals surface area contributed by atoms with Gasteiger partial charge in [0, 0.05) is 11.8 Å². The molecule has 0 spiro atoms. The molecule has 9 heavy (non-hydrogen) atoms. The van der Waals surface area contributed by atoms with Crippen molar-refractivity contribution in [3.63, 3.8) is 0 Å². The first-order valence-electron chi connectivity index (χ1n) is 2.84. The molecule has 3 nitrogen and oxygen atoms in total. The van der Waals surface area contributed by atoms with Crippen LogP contribution in [0.4, 0.5) is 0 Å². The van der Waals surface area contributed by atoms with Crippen LogP contribution in [0, 0.1) is 11.8 Å². The lowest BCUT2D eigenvalue weighted by molar-refractivity contribution is -0.141. The van der Waals surface area contributed by atoms with Crippen molar-refractivity contribution >= 4 is 17.3 Å². The smallest absolute Gasteiger partial charge is 0.264 e. The summed E-state index contributed by atoms with van der Waals surface area (Å²) >= 11 is 0. The molecule has 0 aliphatic heterocycles. The van der Waals surface area contributed by atoms with Crippen LogP contribution in [0.2, 0.25) is 0 Å². The van der Waals surface area contributed by atoms with Gasteiger partial charge in [-0.15, -0.1) is 0 Å². The molecule has 0 aromatic rings. The molecule has 2 unspecified atom stereocenters. The normalized spacial score (nSPS) is 39.3. The van der Waals surface area contributed by atoms with Crippen LogP contribution in [0.5, 0.6) is 0 Å². The van der Waals surface area contributed by atoms with E-state index in [2.05, 4.69) is 0 Å². The topological polar surface area (TPSA) is 51.2 Å². The Balaban J connectivity index is 2.43. The Kier molecular flexibility index (Phi) is 0.605. The van der Waals surface area contributed by atoms with Crippen molar-refractivity contribution in [2.75, 3.05) is 0 Å². The van der Waals surface area contributed by atoms with E-state index in [0.29, 0.717) is 6.42 Å². The summed E-state index contributed by atoms with van der Waals surface area (Å²) in [4.78, 5) is 31.6. The van der Waals surface area contributed by atoms with Crippen LogP contribution in [-0.4, -0.2) is 17.3 Å². The number of hydrogen-bond donors (Lipinski definition) is 0. The maximum atomic E-state index is 10.6. The summed E-state index contributed by atoms with van der Waals surface area (Å²) in [6.45, 7) is 0. The number of carbonyl (C=O) groups is 3. The molecule has 2 rings (SSSR count). The van der Waals surface area contributed by atoms with E-state index in [-0.39, 0.29) is 11.8 Å². The number of rotatable bonds is 0. The molecule has 0 aromatic heterocycles. The monoisotopic (exact) mass is 124 g/mol. The molecule has 0 amide bonds. The van der Waals surface area contributed by atoms with Crippen LogP contribution in [0.15, 0.2) is 0 Å². The molecule has 0 radical (unpaired) electrons. The second-order valence-corrected chi connectivity index (χ2v) is 2.51. The summed E-state index contributed by atoms with van der Waals surface area (Å²) in [5, 5.41) is 0. The zero-order valence-corrected chi connectivity index (χ0v) is 4.59. The Morgan fingerprint density at radius 3 is 1.67 bits per heavy atom. The molecular weight excluding hydrogens is 120 g/mol. The van der Waals surface area contributed by atoms with Gasteiger partial charge in [-0.25, -0.2) is 0 Å². The van der Waals surface area contributed by atoms with E-state index in [4.69, 9.17) is 0 Å². The van der Waals surface area contributed by atoms with Gasteiger partial charge in [0.25, 0.3) is 5.78 Å². The third kappa shape index (κ3) is 0.399. The van der Waals surface area contributed by atoms with Crippen LogP contribution in [0.25, 0.3) is 0 Å². The summed E-state index contributed by atoms with van der Waals surface area (Å²) in [7, 11) is 0. The van der Waals surface area contributed by atoms with E-state index in [1.54, 1.807) is 0 Å². The average Bonchev–Trinajstić information content (AvgIpc) is 2.56. The van der Waals surface area contributed by atoms with Gasteiger partial charge < -0.3 is 0 Å². The third-order valence-corrected chi connectivity index (χ3v) is 1.91. The molecule has 0 aromatic carbocycles. The molecule has 0 heterocycles. The standard InChI is InChI=1S/C6H4O3/c7-4-2-1-3(2)5(8)6(4)9/h2-3H,1H2. The molecule has 3 heteroatoms. The van der Waals surface area contributed by atoms with Gasteiger partial charge in [-0.1, -0.05) is 0 Å². The van der Waals surface area contributed by atoms with E-state index in [1.165, 1.54) is 0 Å². The van der Waals surface area contributed by atoms with Crippen LogP contribution < -0.4 is 0 Å². The zero-order valence-electron chi connectivity index (χ0n) is 4.59.